The molecular weight excluding hydrogens is 455 g/mol. The first-order valence-corrected chi connectivity index (χ1v) is 13.9. The lowest BCUT2D eigenvalue weighted by molar-refractivity contribution is -0.236. The second-order valence-electron chi connectivity index (χ2n) is 12.5. The van der Waals surface area contributed by atoms with E-state index in [4.69, 9.17) is 4.74 Å². The molecule has 4 aliphatic carbocycles. The summed E-state index contributed by atoms with van der Waals surface area (Å²) in [5, 5.41) is 27.3. The fourth-order valence-corrected chi connectivity index (χ4v) is 9.09. The molecule has 4 fully saturated rings. The zero-order valence-electron chi connectivity index (χ0n) is 20.7. The summed E-state index contributed by atoms with van der Waals surface area (Å²) in [7, 11) is 0. The predicted molar refractivity (Wildman–Crippen MR) is 133 cm³/mol. The van der Waals surface area contributed by atoms with Gasteiger partial charge >= 0.3 is 0 Å². The van der Waals surface area contributed by atoms with Crippen molar-refractivity contribution in [3.63, 3.8) is 0 Å². The van der Waals surface area contributed by atoms with Gasteiger partial charge in [0.15, 0.2) is 11.5 Å². The van der Waals surface area contributed by atoms with Crippen molar-refractivity contribution in [1.82, 2.24) is 10.2 Å². The molecule has 1 saturated heterocycles. The summed E-state index contributed by atoms with van der Waals surface area (Å²) in [4.78, 5) is 2.58. The summed E-state index contributed by atoms with van der Waals surface area (Å²) in [5.41, 5.74) is 1.56. The number of hydrogen-bond acceptors (Lipinski definition) is 5. The number of phenols is 1. The van der Waals surface area contributed by atoms with Gasteiger partial charge in [0.05, 0.1) is 11.0 Å². The van der Waals surface area contributed by atoms with Crippen LogP contribution in [0.3, 0.4) is 0 Å². The Bertz CT molecular complexity index is 1250. The van der Waals surface area contributed by atoms with Crippen molar-refractivity contribution in [2.45, 2.75) is 87.1 Å². The van der Waals surface area contributed by atoms with Gasteiger partial charge in [-0.15, -0.1) is 0 Å². The lowest BCUT2D eigenvalue weighted by Crippen LogP contribution is -2.80. The molecule has 0 aromatic heterocycles. The van der Waals surface area contributed by atoms with Gasteiger partial charge in [-0.25, -0.2) is 4.39 Å². The smallest absolute Gasteiger partial charge is 0.165 e. The Morgan fingerprint density at radius 1 is 1.06 bits per heavy atom. The number of likely N-dealkylation sites (tertiary alicyclic amines) is 1. The Hall–Kier alpha value is -2.15. The normalized spacial score (nSPS) is 40.0. The van der Waals surface area contributed by atoms with E-state index in [0.717, 1.165) is 63.1 Å². The Labute approximate surface area is 211 Å². The quantitative estimate of drug-likeness (QED) is 0.591. The van der Waals surface area contributed by atoms with E-state index in [1.54, 1.807) is 12.1 Å². The summed E-state index contributed by atoms with van der Waals surface area (Å²) >= 11 is 0. The first kappa shape index (κ1) is 21.9. The van der Waals surface area contributed by atoms with Gasteiger partial charge in [0, 0.05) is 41.7 Å². The number of aliphatic hydroxyl groups is 1. The Morgan fingerprint density at radius 3 is 2.69 bits per heavy atom. The van der Waals surface area contributed by atoms with Crippen molar-refractivity contribution in [3.05, 3.63) is 58.9 Å². The minimum atomic E-state index is -0.853. The van der Waals surface area contributed by atoms with E-state index in [1.165, 1.54) is 24.5 Å². The molecule has 36 heavy (non-hydrogen) atoms. The van der Waals surface area contributed by atoms with E-state index < -0.39 is 11.0 Å². The average molecular weight is 491 g/mol. The number of hydrogen-bond donors (Lipinski definition) is 3. The summed E-state index contributed by atoms with van der Waals surface area (Å²) < 4.78 is 21.2. The SMILES string of the molecule is Oc1ccc2c3c1O[C@H]1[C@@]4(CC[C@@H]4NCc4ccccc4F)CC[C@@]4(O)[C@@H](C2)N(CC2CC2)CC[C@]314. The van der Waals surface area contributed by atoms with Crippen LogP contribution in [0.5, 0.6) is 11.5 Å². The molecule has 5 nitrogen and oxygen atoms in total. The maximum absolute atomic E-state index is 14.4. The van der Waals surface area contributed by atoms with Gasteiger partial charge in [0.2, 0.25) is 0 Å². The highest BCUT2D eigenvalue weighted by molar-refractivity contribution is 5.63. The van der Waals surface area contributed by atoms with Crippen LogP contribution in [0.25, 0.3) is 0 Å². The number of halogens is 1. The maximum atomic E-state index is 14.4. The van der Waals surface area contributed by atoms with Crippen molar-refractivity contribution in [3.8, 4) is 11.5 Å². The summed E-state index contributed by atoms with van der Waals surface area (Å²) in [6.07, 6.45) is 7.84. The molecule has 2 aliphatic heterocycles. The van der Waals surface area contributed by atoms with Crippen LogP contribution in [0.1, 0.15) is 61.6 Å². The van der Waals surface area contributed by atoms with Crippen LogP contribution in [-0.2, 0) is 18.4 Å². The molecule has 6 heteroatoms. The molecule has 2 aromatic carbocycles. The highest BCUT2D eigenvalue weighted by atomic mass is 19.1. The highest BCUT2D eigenvalue weighted by Gasteiger charge is 2.77. The van der Waals surface area contributed by atoms with Crippen LogP contribution in [0.15, 0.2) is 36.4 Å². The Balaban J connectivity index is 1.19. The molecule has 3 saturated carbocycles. The van der Waals surface area contributed by atoms with E-state index in [9.17, 15) is 14.6 Å². The molecule has 6 aliphatic rings. The lowest BCUT2D eigenvalue weighted by Gasteiger charge is -2.69. The third kappa shape index (κ3) is 2.61. The number of rotatable bonds is 5. The van der Waals surface area contributed by atoms with E-state index in [1.807, 2.05) is 12.1 Å². The highest BCUT2D eigenvalue weighted by Crippen LogP contribution is 2.71. The second-order valence-corrected chi connectivity index (χ2v) is 12.5. The molecule has 0 radical (unpaired) electrons. The van der Waals surface area contributed by atoms with E-state index in [-0.39, 0.29) is 35.2 Å². The predicted octanol–water partition coefficient (Wildman–Crippen LogP) is 4.03. The van der Waals surface area contributed by atoms with Gasteiger partial charge in [-0.05, 0) is 81.5 Å². The number of nitrogens with one attached hydrogen (secondary N) is 1. The molecule has 3 N–H and O–H groups in total. The molecule has 2 heterocycles. The average Bonchev–Trinajstić information content (AvgIpc) is 3.60. The number of fused-ring (bicyclic) bond motifs is 1. The van der Waals surface area contributed by atoms with Gasteiger partial charge in [0.25, 0.3) is 0 Å². The van der Waals surface area contributed by atoms with Gasteiger partial charge in [0.1, 0.15) is 11.9 Å². The lowest BCUT2D eigenvalue weighted by atomic mass is 9.40. The summed E-state index contributed by atoms with van der Waals surface area (Å²) in [6.45, 7) is 2.55. The molecule has 6 atom stereocenters. The zero-order chi connectivity index (χ0) is 24.3. The molecule has 8 rings (SSSR count). The molecule has 0 unspecified atom stereocenters. The molecule has 190 valence electrons. The van der Waals surface area contributed by atoms with Crippen LogP contribution in [0, 0.1) is 17.2 Å². The third-order valence-corrected chi connectivity index (χ3v) is 11.1. The largest absolute Gasteiger partial charge is 0.504 e. The number of aromatic hydroxyl groups is 1. The minimum absolute atomic E-state index is 0.100. The Kier molecular flexibility index (Phi) is 4.40. The van der Waals surface area contributed by atoms with Crippen molar-refractivity contribution in [2.24, 2.45) is 11.3 Å². The number of nitrogens with zero attached hydrogens (tertiary/aromatic N) is 1. The number of phenolic OH excluding ortho intramolecular Hbond substituents is 1. The van der Waals surface area contributed by atoms with Crippen molar-refractivity contribution in [1.29, 1.82) is 0 Å². The van der Waals surface area contributed by atoms with Crippen LogP contribution < -0.4 is 10.1 Å². The number of piperidine rings is 1. The monoisotopic (exact) mass is 490 g/mol. The van der Waals surface area contributed by atoms with Crippen molar-refractivity contribution < 1.29 is 19.3 Å². The van der Waals surface area contributed by atoms with Crippen LogP contribution in [0.4, 0.5) is 4.39 Å². The first-order valence-electron chi connectivity index (χ1n) is 13.9. The number of ether oxygens (including phenoxy) is 1. The fourth-order valence-electron chi connectivity index (χ4n) is 9.09. The Morgan fingerprint density at radius 2 is 1.92 bits per heavy atom. The van der Waals surface area contributed by atoms with Crippen LogP contribution in [0.2, 0.25) is 0 Å². The van der Waals surface area contributed by atoms with Gasteiger partial charge in [-0.3, -0.25) is 4.90 Å². The van der Waals surface area contributed by atoms with Crippen LogP contribution >= 0.6 is 0 Å². The second kappa shape index (κ2) is 7.24. The summed E-state index contributed by atoms with van der Waals surface area (Å²) in [6, 6.07) is 11.1. The minimum Gasteiger partial charge on any atom is -0.504 e. The van der Waals surface area contributed by atoms with E-state index in [0.29, 0.717) is 17.9 Å². The molecule has 2 spiro atoms. The fraction of sp³-hybridized carbons (Fsp3) is 0.600. The maximum Gasteiger partial charge on any atom is 0.165 e. The molecule has 0 amide bonds. The van der Waals surface area contributed by atoms with Gasteiger partial charge in [-0.1, -0.05) is 24.3 Å². The standard InChI is InChI=1S/C30H35FN2O3/c31-21-4-2-1-3-20(21)16-32-23-9-10-28(23)11-12-30(35)24-15-19-7-8-22(34)26-25(19)29(30,27(28)36-26)13-14-33(24)17-18-5-6-18/h1-4,7-8,18,23-24,27,32,34-35H,5-6,9-17H2/t23-,24+,27-,28-,29-,30+/m0/s1. The summed E-state index contributed by atoms with van der Waals surface area (Å²) in [5.74, 6) is 1.42. The van der Waals surface area contributed by atoms with Crippen LogP contribution in [-0.4, -0.2) is 52.0 Å². The van der Waals surface area contributed by atoms with Crippen molar-refractivity contribution >= 4 is 0 Å². The number of benzene rings is 2. The first-order chi connectivity index (χ1) is 17.5. The van der Waals surface area contributed by atoms with Gasteiger partial charge < -0.3 is 20.3 Å². The molecule has 2 aromatic rings. The third-order valence-electron chi connectivity index (χ3n) is 11.1. The van der Waals surface area contributed by atoms with Crippen molar-refractivity contribution in [2.75, 3.05) is 13.1 Å². The molecule has 2 bridgehead atoms. The van der Waals surface area contributed by atoms with E-state index in [2.05, 4.69) is 16.3 Å². The van der Waals surface area contributed by atoms with E-state index >= 15 is 0 Å². The van der Waals surface area contributed by atoms with Gasteiger partial charge in [-0.2, -0.15) is 0 Å². The zero-order valence-corrected chi connectivity index (χ0v) is 20.7. The topological polar surface area (TPSA) is 65.0 Å². The molecular formula is C30H35FN2O3.